The summed E-state index contributed by atoms with van der Waals surface area (Å²) in [6.07, 6.45) is 0. The maximum atomic E-state index is 4.37. The molecule has 1 aromatic heterocycles. The summed E-state index contributed by atoms with van der Waals surface area (Å²) >= 11 is 0. The summed E-state index contributed by atoms with van der Waals surface area (Å²) in [5.74, 6) is 2.22. The number of aromatic nitrogens is 2. The first-order valence-electron chi connectivity index (χ1n) is 7.37. The molecule has 0 unspecified atom stereocenters. The van der Waals surface area contributed by atoms with E-state index in [1.807, 2.05) is 0 Å². The fourth-order valence-corrected chi connectivity index (χ4v) is 2.49. The van der Waals surface area contributed by atoms with Gasteiger partial charge in [-0.3, -0.25) is 4.90 Å². The van der Waals surface area contributed by atoms with Gasteiger partial charge in [-0.2, -0.15) is 5.10 Å². The first-order chi connectivity index (χ1) is 9.06. The Labute approximate surface area is 116 Å². The van der Waals surface area contributed by atoms with Crippen LogP contribution in [0.5, 0.6) is 0 Å². The van der Waals surface area contributed by atoms with Crippen molar-refractivity contribution in [2.75, 3.05) is 37.6 Å². The van der Waals surface area contributed by atoms with Gasteiger partial charge in [0.15, 0.2) is 5.82 Å². The molecular weight excluding hydrogens is 236 g/mol. The smallest absolute Gasteiger partial charge is 0.151 e. The second-order valence-electron chi connectivity index (χ2n) is 6.15. The summed E-state index contributed by atoms with van der Waals surface area (Å²) in [6, 6.07) is 4.22. The SMILES string of the molecule is CC(C)CN1CCN(c2ccc(C(C)C)nn2)CC1. The molecule has 2 rings (SSSR count). The zero-order chi connectivity index (χ0) is 13.8. The Morgan fingerprint density at radius 1 is 1.00 bits per heavy atom. The van der Waals surface area contributed by atoms with Crippen LogP contribution in [-0.2, 0) is 0 Å². The molecule has 4 nitrogen and oxygen atoms in total. The van der Waals surface area contributed by atoms with Gasteiger partial charge >= 0.3 is 0 Å². The van der Waals surface area contributed by atoms with Gasteiger partial charge in [-0.15, -0.1) is 5.10 Å². The largest absolute Gasteiger partial charge is 0.353 e. The predicted molar refractivity (Wildman–Crippen MR) is 79.6 cm³/mol. The number of hydrogen-bond acceptors (Lipinski definition) is 4. The van der Waals surface area contributed by atoms with Gasteiger partial charge in [-0.05, 0) is 24.0 Å². The Balaban J connectivity index is 1.90. The number of hydrogen-bond donors (Lipinski definition) is 0. The standard InChI is InChI=1S/C15H26N4/c1-12(2)11-18-7-9-19(10-8-18)15-6-5-14(13(3)4)16-17-15/h5-6,12-13H,7-11H2,1-4H3. The first-order valence-corrected chi connectivity index (χ1v) is 7.37. The van der Waals surface area contributed by atoms with Crippen molar-refractivity contribution in [1.82, 2.24) is 15.1 Å². The molecule has 0 N–H and O–H groups in total. The number of piperazine rings is 1. The summed E-state index contributed by atoms with van der Waals surface area (Å²) in [6.45, 7) is 14.4. The lowest BCUT2D eigenvalue weighted by Crippen LogP contribution is -2.47. The summed E-state index contributed by atoms with van der Waals surface area (Å²) in [5, 5.41) is 8.68. The molecule has 1 fully saturated rings. The maximum Gasteiger partial charge on any atom is 0.151 e. The minimum atomic E-state index is 0.449. The second kappa shape index (κ2) is 6.33. The van der Waals surface area contributed by atoms with Crippen LogP contribution >= 0.6 is 0 Å². The third kappa shape index (κ3) is 3.90. The lowest BCUT2D eigenvalue weighted by molar-refractivity contribution is 0.231. The molecule has 0 aliphatic carbocycles. The van der Waals surface area contributed by atoms with E-state index >= 15 is 0 Å². The summed E-state index contributed by atoms with van der Waals surface area (Å²) in [5.41, 5.74) is 1.07. The maximum absolute atomic E-state index is 4.37. The molecule has 4 heteroatoms. The molecule has 0 amide bonds. The zero-order valence-electron chi connectivity index (χ0n) is 12.6. The Morgan fingerprint density at radius 2 is 1.68 bits per heavy atom. The van der Waals surface area contributed by atoms with Gasteiger partial charge in [0.2, 0.25) is 0 Å². The zero-order valence-corrected chi connectivity index (χ0v) is 12.6. The highest BCUT2D eigenvalue weighted by Gasteiger charge is 2.18. The number of anilines is 1. The van der Waals surface area contributed by atoms with E-state index in [0.717, 1.165) is 43.6 Å². The van der Waals surface area contributed by atoms with Gasteiger partial charge in [-0.25, -0.2) is 0 Å². The molecule has 0 spiro atoms. The van der Waals surface area contributed by atoms with Crippen molar-refractivity contribution in [2.24, 2.45) is 5.92 Å². The van der Waals surface area contributed by atoms with Crippen molar-refractivity contribution in [3.63, 3.8) is 0 Å². The topological polar surface area (TPSA) is 32.3 Å². The van der Waals surface area contributed by atoms with Gasteiger partial charge < -0.3 is 4.90 Å². The predicted octanol–water partition coefficient (Wildman–Crippen LogP) is 2.38. The molecule has 0 atom stereocenters. The van der Waals surface area contributed by atoms with E-state index < -0.39 is 0 Å². The van der Waals surface area contributed by atoms with Gasteiger partial charge in [-0.1, -0.05) is 27.7 Å². The van der Waals surface area contributed by atoms with Crippen LogP contribution in [0.1, 0.15) is 39.3 Å². The van der Waals surface area contributed by atoms with Crippen LogP contribution in [-0.4, -0.2) is 47.8 Å². The highest BCUT2D eigenvalue weighted by molar-refractivity contribution is 5.38. The Hall–Kier alpha value is -1.16. The average molecular weight is 262 g/mol. The lowest BCUT2D eigenvalue weighted by Gasteiger charge is -2.35. The minimum absolute atomic E-state index is 0.449. The van der Waals surface area contributed by atoms with Crippen LogP contribution in [0.4, 0.5) is 5.82 Å². The summed E-state index contributed by atoms with van der Waals surface area (Å²) in [7, 11) is 0. The van der Waals surface area contributed by atoms with Crippen molar-refractivity contribution in [3.05, 3.63) is 17.8 Å². The van der Waals surface area contributed by atoms with E-state index in [1.165, 1.54) is 6.54 Å². The van der Waals surface area contributed by atoms with E-state index in [2.05, 4.69) is 59.8 Å². The third-order valence-corrected chi connectivity index (χ3v) is 3.58. The van der Waals surface area contributed by atoms with E-state index in [0.29, 0.717) is 5.92 Å². The van der Waals surface area contributed by atoms with Crippen LogP contribution < -0.4 is 4.90 Å². The van der Waals surface area contributed by atoms with Crippen LogP contribution in [0.25, 0.3) is 0 Å². The van der Waals surface area contributed by atoms with Crippen LogP contribution in [0.15, 0.2) is 12.1 Å². The van der Waals surface area contributed by atoms with Crippen molar-refractivity contribution >= 4 is 5.82 Å². The van der Waals surface area contributed by atoms with E-state index in [9.17, 15) is 0 Å². The Bertz CT molecular complexity index is 378. The fourth-order valence-electron chi connectivity index (χ4n) is 2.49. The van der Waals surface area contributed by atoms with E-state index in [-0.39, 0.29) is 0 Å². The van der Waals surface area contributed by atoms with Crippen molar-refractivity contribution in [1.29, 1.82) is 0 Å². The molecule has 1 aliphatic heterocycles. The molecule has 1 aliphatic rings. The monoisotopic (exact) mass is 262 g/mol. The molecule has 0 aromatic carbocycles. The second-order valence-corrected chi connectivity index (χ2v) is 6.15. The molecule has 1 aromatic rings. The van der Waals surface area contributed by atoms with Crippen molar-refractivity contribution < 1.29 is 0 Å². The lowest BCUT2D eigenvalue weighted by atomic mass is 10.1. The molecule has 106 valence electrons. The van der Waals surface area contributed by atoms with Crippen LogP contribution in [0.2, 0.25) is 0 Å². The average Bonchev–Trinajstić information content (AvgIpc) is 2.39. The molecule has 0 saturated carbocycles. The highest BCUT2D eigenvalue weighted by Crippen LogP contribution is 2.16. The van der Waals surface area contributed by atoms with E-state index in [1.54, 1.807) is 0 Å². The molecular formula is C15H26N4. The van der Waals surface area contributed by atoms with Gasteiger partial charge in [0.05, 0.1) is 5.69 Å². The minimum Gasteiger partial charge on any atom is -0.353 e. The van der Waals surface area contributed by atoms with E-state index in [4.69, 9.17) is 0 Å². The first kappa shape index (κ1) is 14.3. The Morgan fingerprint density at radius 3 is 2.16 bits per heavy atom. The van der Waals surface area contributed by atoms with Gasteiger partial charge in [0, 0.05) is 32.7 Å². The van der Waals surface area contributed by atoms with Crippen LogP contribution in [0.3, 0.4) is 0 Å². The molecule has 2 heterocycles. The summed E-state index contributed by atoms with van der Waals surface area (Å²) < 4.78 is 0. The quantitative estimate of drug-likeness (QED) is 0.834. The van der Waals surface area contributed by atoms with Gasteiger partial charge in [0.1, 0.15) is 0 Å². The van der Waals surface area contributed by atoms with Gasteiger partial charge in [0.25, 0.3) is 0 Å². The molecule has 0 radical (unpaired) electrons. The molecule has 0 bridgehead atoms. The summed E-state index contributed by atoms with van der Waals surface area (Å²) in [4.78, 5) is 4.88. The normalized spacial score (nSPS) is 17.5. The highest BCUT2D eigenvalue weighted by atomic mass is 15.3. The molecule has 1 saturated heterocycles. The molecule has 19 heavy (non-hydrogen) atoms. The van der Waals surface area contributed by atoms with Crippen LogP contribution in [0, 0.1) is 5.92 Å². The van der Waals surface area contributed by atoms with Crippen molar-refractivity contribution in [3.8, 4) is 0 Å². The Kier molecular flexibility index (Phi) is 4.75. The number of nitrogens with zero attached hydrogens (tertiary/aromatic N) is 4. The number of rotatable bonds is 4. The fraction of sp³-hybridized carbons (Fsp3) is 0.733. The third-order valence-electron chi connectivity index (χ3n) is 3.58. The van der Waals surface area contributed by atoms with Crippen molar-refractivity contribution in [2.45, 2.75) is 33.6 Å².